The van der Waals surface area contributed by atoms with Crippen molar-refractivity contribution in [2.45, 2.75) is 13.2 Å². The Labute approximate surface area is 136 Å². The zero-order valence-electron chi connectivity index (χ0n) is 11.6. The minimum Gasteiger partial charge on any atom is -0.478 e. The van der Waals surface area contributed by atoms with Crippen LogP contribution in [0.1, 0.15) is 21.5 Å². The highest BCUT2D eigenvalue weighted by Gasteiger charge is 2.08. The summed E-state index contributed by atoms with van der Waals surface area (Å²) in [6.45, 7) is 0.444. The lowest BCUT2D eigenvalue weighted by Gasteiger charge is -2.09. The van der Waals surface area contributed by atoms with E-state index >= 15 is 0 Å². The maximum absolute atomic E-state index is 11.6. The molecule has 1 amide bonds. The van der Waals surface area contributed by atoms with Gasteiger partial charge in [-0.25, -0.2) is 9.59 Å². The number of aromatic carboxylic acids is 1. The lowest BCUT2D eigenvalue weighted by atomic mass is 10.1. The van der Waals surface area contributed by atoms with Crippen LogP contribution in [0.5, 0.6) is 0 Å². The summed E-state index contributed by atoms with van der Waals surface area (Å²) < 4.78 is 5.71. The predicted molar refractivity (Wildman–Crippen MR) is 84.6 cm³/mol. The van der Waals surface area contributed by atoms with Gasteiger partial charge in [-0.05, 0) is 23.3 Å². The van der Waals surface area contributed by atoms with Crippen molar-refractivity contribution in [3.63, 3.8) is 0 Å². The first-order chi connectivity index (χ1) is 10.6. The van der Waals surface area contributed by atoms with Gasteiger partial charge in [-0.2, -0.15) is 0 Å². The number of alkyl carbamates (subject to hydrolysis) is 1. The molecule has 0 bridgehead atoms. The quantitative estimate of drug-likeness (QED) is 0.851. The highest BCUT2D eigenvalue weighted by Crippen LogP contribution is 2.18. The molecular weight excluding hydrogens is 350 g/mol. The lowest BCUT2D eigenvalue weighted by molar-refractivity contribution is 0.0696. The monoisotopic (exact) mass is 363 g/mol. The maximum atomic E-state index is 11.6. The van der Waals surface area contributed by atoms with Gasteiger partial charge in [0.15, 0.2) is 0 Å². The van der Waals surface area contributed by atoms with E-state index in [1.165, 1.54) is 12.1 Å². The fourth-order valence-electron chi connectivity index (χ4n) is 1.77. The molecule has 0 radical (unpaired) electrons. The van der Waals surface area contributed by atoms with E-state index in [4.69, 9.17) is 9.84 Å². The molecule has 0 aliphatic carbocycles. The number of rotatable bonds is 5. The molecule has 0 heterocycles. The minimum atomic E-state index is -0.998. The minimum absolute atomic E-state index is 0.183. The van der Waals surface area contributed by atoms with Gasteiger partial charge in [0.05, 0.1) is 5.56 Å². The first-order valence-electron chi connectivity index (χ1n) is 6.52. The fourth-order valence-corrected chi connectivity index (χ4v) is 2.28. The average molecular weight is 364 g/mol. The molecule has 0 aliphatic heterocycles. The molecule has 0 saturated carbocycles. The maximum Gasteiger partial charge on any atom is 0.407 e. The van der Waals surface area contributed by atoms with Crippen molar-refractivity contribution in [2.75, 3.05) is 0 Å². The average Bonchev–Trinajstić information content (AvgIpc) is 2.52. The van der Waals surface area contributed by atoms with Crippen LogP contribution in [0, 0.1) is 0 Å². The van der Waals surface area contributed by atoms with Gasteiger partial charge in [-0.15, -0.1) is 0 Å². The van der Waals surface area contributed by atoms with Gasteiger partial charge in [-0.1, -0.05) is 52.3 Å². The Morgan fingerprint density at radius 1 is 1.14 bits per heavy atom. The van der Waals surface area contributed by atoms with Gasteiger partial charge in [0, 0.05) is 11.0 Å². The van der Waals surface area contributed by atoms with Crippen molar-refractivity contribution in [1.29, 1.82) is 0 Å². The van der Waals surface area contributed by atoms with Crippen molar-refractivity contribution in [2.24, 2.45) is 0 Å². The van der Waals surface area contributed by atoms with Crippen LogP contribution in [0.2, 0.25) is 0 Å². The van der Waals surface area contributed by atoms with Crippen LogP contribution in [0.15, 0.2) is 53.0 Å². The predicted octanol–water partition coefficient (Wildman–Crippen LogP) is 3.57. The molecule has 2 aromatic rings. The van der Waals surface area contributed by atoms with Crippen molar-refractivity contribution >= 4 is 28.0 Å². The third-order valence-corrected chi connectivity index (χ3v) is 3.67. The summed E-state index contributed by atoms with van der Waals surface area (Å²) in [4.78, 5) is 22.5. The zero-order chi connectivity index (χ0) is 15.9. The topological polar surface area (TPSA) is 75.6 Å². The highest BCUT2D eigenvalue weighted by molar-refractivity contribution is 9.10. The first kappa shape index (κ1) is 16.0. The van der Waals surface area contributed by atoms with Gasteiger partial charge in [0.1, 0.15) is 6.61 Å². The Balaban J connectivity index is 1.85. The van der Waals surface area contributed by atoms with Crippen LogP contribution in [-0.4, -0.2) is 17.2 Å². The number of hydrogen-bond donors (Lipinski definition) is 2. The van der Waals surface area contributed by atoms with Gasteiger partial charge < -0.3 is 15.2 Å². The Morgan fingerprint density at radius 3 is 2.50 bits per heavy atom. The number of carboxylic acid groups (broad SMARTS) is 1. The largest absolute Gasteiger partial charge is 0.478 e. The standard InChI is InChI=1S/C16H14BrNO4/c17-14-8-12(15(19)20)6-7-13(14)9-18-16(21)22-10-11-4-2-1-3-5-11/h1-8H,9-10H2,(H,18,21)(H,19,20). The molecule has 6 heteroatoms. The Bertz CT molecular complexity index is 673. The third kappa shape index (κ3) is 4.60. The molecule has 22 heavy (non-hydrogen) atoms. The van der Waals surface area contributed by atoms with E-state index in [2.05, 4.69) is 21.2 Å². The number of benzene rings is 2. The molecule has 0 saturated heterocycles. The van der Waals surface area contributed by atoms with E-state index in [0.29, 0.717) is 4.47 Å². The molecule has 2 aromatic carbocycles. The first-order valence-corrected chi connectivity index (χ1v) is 7.32. The van der Waals surface area contributed by atoms with Crippen LogP contribution in [0.3, 0.4) is 0 Å². The van der Waals surface area contributed by atoms with Gasteiger partial charge >= 0.3 is 12.1 Å². The number of nitrogens with one attached hydrogen (secondary N) is 1. The summed E-state index contributed by atoms with van der Waals surface area (Å²) in [5, 5.41) is 11.5. The van der Waals surface area contributed by atoms with Gasteiger partial charge in [-0.3, -0.25) is 0 Å². The van der Waals surface area contributed by atoms with Gasteiger partial charge in [0.25, 0.3) is 0 Å². The summed E-state index contributed by atoms with van der Waals surface area (Å²) in [5.41, 5.74) is 1.86. The molecule has 0 unspecified atom stereocenters. The van der Waals surface area contributed by atoms with Crippen LogP contribution in [0.25, 0.3) is 0 Å². The lowest BCUT2D eigenvalue weighted by Crippen LogP contribution is -2.23. The van der Waals surface area contributed by atoms with E-state index in [1.54, 1.807) is 6.07 Å². The number of amides is 1. The van der Waals surface area contributed by atoms with E-state index in [-0.39, 0.29) is 18.7 Å². The number of ether oxygens (including phenoxy) is 1. The molecule has 0 atom stereocenters. The third-order valence-electron chi connectivity index (χ3n) is 2.94. The number of hydrogen-bond acceptors (Lipinski definition) is 3. The van der Waals surface area contributed by atoms with Crippen molar-refractivity contribution in [3.05, 3.63) is 69.7 Å². The van der Waals surface area contributed by atoms with Crippen LogP contribution < -0.4 is 5.32 Å². The van der Waals surface area contributed by atoms with E-state index < -0.39 is 12.1 Å². The van der Waals surface area contributed by atoms with E-state index in [1.807, 2.05) is 30.3 Å². The zero-order valence-corrected chi connectivity index (χ0v) is 13.2. The van der Waals surface area contributed by atoms with Crippen LogP contribution >= 0.6 is 15.9 Å². The molecule has 5 nitrogen and oxygen atoms in total. The number of carbonyl (C=O) groups excluding carboxylic acids is 1. The fraction of sp³-hybridized carbons (Fsp3) is 0.125. The normalized spacial score (nSPS) is 10.0. The van der Waals surface area contributed by atoms with E-state index in [0.717, 1.165) is 11.1 Å². The van der Waals surface area contributed by atoms with Crippen molar-refractivity contribution in [3.8, 4) is 0 Å². The summed E-state index contributed by atoms with van der Waals surface area (Å²) in [5.74, 6) is -0.998. The van der Waals surface area contributed by atoms with Gasteiger partial charge in [0.2, 0.25) is 0 Å². The van der Waals surface area contributed by atoms with E-state index in [9.17, 15) is 9.59 Å². The number of halogens is 1. The molecular formula is C16H14BrNO4. The summed E-state index contributed by atoms with van der Waals surface area (Å²) in [6, 6.07) is 14.0. The summed E-state index contributed by atoms with van der Waals surface area (Å²) >= 11 is 3.29. The molecule has 0 spiro atoms. The Kier molecular flexibility index (Phi) is 5.55. The summed E-state index contributed by atoms with van der Waals surface area (Å²) in [6.07, 6.45) is -0.530. The Morgan fingerprint density at radius 2 is 1.86 bits per heavy atom. The molecule has 2 N–H and O–H groups in total. The molecule has 0 fully saturated rings. The SMILES string of the molecule is O=C(NCc1ccc(C(=O)O)cc1Br)OCc1ccccc1. The molecule has 2 rings (SSSR count). The molecule has 114 valence electrons. The second kappa shape index (κ2) is 7.61. The molecule has 0 aliphatic rings. The summed E-state index contributed by atoms with van der Waals surface area (Å²) in [7, 11) is 0. The molecule has 0 aromatic heterocycles. The smallest absolute Gasteiger partial charge is 0.407 e. The Hall–Kier alpha value is -2.34. The highest BCUT2D eigenvalue weighted by atomic mass is 79.9. The van der Waals surface area contributed by atoms with Crippen LogP contribution in [-0.2, 0) is 17.9 Å². The number of carboxylic acids is 1. The number of carbonyl (C=O) groups is 2. The van der Waals surface area contributed by atoms with Crippen molar-refractivity contribution in [1.82, 2.24) is 5.32 Å². The second-order valence-corrected chi connectivity index (χ2v) is 5.38. The second-order valence-electron chi connectivity index (χ2n) is 4.53. The van der Waals surface area contributed by atoms with Crippen LogP contribution in [0.4, 0.5) is 4.79 Å². The van der Waals surface area contributed by atoms with Crippen molar-refractivity contribution < 1.29 is 19.4 Å².